The van der Waals surface area contributed by atoms with E-state index in [1.165, 1.54) is 6.07 Å². The number of nitro benzene ring substituents is 1. The summed E-state index contributed by atoms with van der Waals surface area (Å²) in [6.07, 6.45) is 0. The Morgan fingerprint density at radius 2 is 1.59 bits per heavy atom. The van der Waals surface area contributed by atoms with Crippen molar-refractivity contribution in [3.63, 3.8) is 0 Å². The standard InChI is InChI=1S/C22H14N4O4S2/c27-20(25-16-9-3-5-11-18(16)32-19-12-6-4-10-17(19)25)13-31-22-24-23-21(30-22)14-7-1-2-8-15(14)26(28)29/h1-12H,13H2. The molecule has 0 spiro atoms. The number of nitro groups is 1. The number of carbonyl (C=O) groups is 1. The molecule has 4 aromatic rings. The fraction of sp³-hybridized carbons (Fsp3) is 0.0455. The van der Waals surface area contributed by atoms with Crippen LogP contribution in [-0.2, 0) is 4.79 Å². The van der Waals surface area contributed by atoms with Gasteiger partial charge >= 0.3 is 0 Å². The van der Waals surface area contributed by atoms with E-state index in [4.69, 9.17) is 4.42 Å². The second-order valence-corrected chi connectivity index (χ2v) is 8.71. The molecular formula is C22H14N4O4S2. The lowest BCUT2D eigenvalue weighted by molar-refractivity contribution is -0.384. The summed E-state index contributed by atoms with van der Waals surface area (Å²) < 4.78 is 5.60. The molecule has 2 heterocycles. The zero-order valence-corrected chi connectivity index (χ0v) is 18.0. The molecule has 0 N–H and O–H groups in total. The van der Waals surface area contributed by atoms with Crippen molar-refractivity contribution in [3.05, 3.63) is 82.9 Å². The quantitative estimate of drug-likeness (QED) is 0.216. The van der Waals surface area contributed by atoms with Crippen LogP contribution in [0.5, 0.6) is 0 Å². The first kappa shape index (κ1) is 20.3. The number of benzene rings is 3. The van der Waals surface area contributed by atoms with Crippen LogP contribution >= 0.6 is 23.5 Å². The minimum Gasteiger partial charge on any atom is -0.411 e. The van der Waals surface area contributed by atoms with Crippen LogP contribution < -0.4 is 4.90 Å². The van der Waals surface area contributed by atoms with Crippen molar-refractivity contribution in [3.8, 4) is 11.5 Å². The Labute approximate surface area is 190 Å². The predicted octanol–water partition coefficient (Wildman–Crippen LogP) is 5.57. The third-order valence-electron chi connectivity index (χ3n) is 4.74. The number of amides is 1. The molecule has 3 aromatic carbocycles. The number of para-hydroxylation sites is 3. The molecule has 0 saturated heterocycles. The van der Waals surface area contributed by atoms with Crippen molar-refractivity contribution in [2.24, 2.45) is 0 Å². The number of fused-ring (bicyclic) bond motifs is 2. The average molecular weight is 463 g/mol. The Kier molecular flexibility index (Phi) is 5.38. The summed E-state index contributed by atoms with van der Waals surface area (Å²) in [5, 5.41) is 19.3. The third kappa shape index (κ3) is 3.74. The fourth-order valence-electron chi connectivity index (χ4n) is 3.35. The van der Waals surface area contributed by atoms with Gasteiger partial charge in [-0.1, -0.05) is 59.9 Å². The second-order valence-electron chi connectivity index (χ2n) is 6.70. The maximum Gasteiger partial charge on any atom is 0.282 e. The normalized spacial score (nSPS) is 12.2. The van der Waals surface area contributed by atoms with Gasteiger partial charge in [0, 0.05) is 15.9 Å². The molecule has 0 fully saturated rings. The summed E-state index contributed by atoms with van der Waals surface area (Å²) in [6.45, 7) is 0. The average Bonchev–Trinajstić information content (AvgIpc) is 3.30. The fourth-order valence-corrected chi connectivity index (χ4v) is 5.02. The molecule has 1 amide bonds. The molecule has 10 heteroatoms. The van der Waals surface area contributed by atoms with Gasteiger partial charge in [-0.25, -0.2) is 0 Å². The Bertz CT molecular complexity index is 1300. The van der Waals surface area contributed by atoms with Gasteiger partial charge in [0.25, 0.3) is 16.8 Å². The van der Waals surface area contributed by atoms with Gasteiger partial charge in [-0.3, -0.25) is 19.8 Å². The van der Waals surface area contributed by atoms with Gasteiger partial charge in [-0.15, -0.1) is 10.2 Å². The van der Waals surface area contributed by atoms with Crippen molar-refractivity contribution < 1.29 is 14.1 Å². The van der Waals surface area contributed by atoms with Crippen LogP contribution in [0.1, 0.15) is 0 Å². The van der Waals surface area contributed by atoms with Crippen molar-refractivity contribution in [2.45, 2.75) is 15.0 Å². The number of aromatic nitrogens is 2. The zero-order chi connectivity index (χ0) is 22.1. The number of anilines is 2. The molecule has 1 aromatic heterocycles. The van der Waals surface area contributed by atoms with E-state index in [1.807, 2.05) is 48.5 Å². The predicted molar refractivity (Wildman–Crippen MR) is 121 cm³/mol. The van der Waals surface area contributed by atoms with Gasteiger partial charge in [-0.2, -0.15) is 0 Å². The van der Waals surface area contributed by atoms with E-state index < -0.39 is 4.92 Å². The summed E-state index contributed by atoms with van der Waals surface area (Å²) in [4.78, 5) is 27.7. The summed E-state index contributed by atoms with van der Waals surface area (Å²) in [5.41, 5.74) is 1.77. The van der Waals surface area contributed by atoms with Crippen molar-refractivity contribution in [1.82, 2.24) is 10.2 Å². The lowest BCUT2D eigenvalue weighted by Gasteiger charge is -2.30. The van der Waals surface area contributed by atoms with Crippen LogP contribution in [0.4, 0.5) is 17.1 Å². The monoisotopic (exact) mass is 462 g/mol. The van der Waals surface area contributed by atoms with Gasteiger partial charge in [0.15, 0.2) is 0 Å². The molecule has 1 aliphatic rings. The number of hydrogen-bond acceptors (Lipinski definition) is 8. The van der Waals surface area contributed by atoms with Crippen LogP contribution in [0.15, 0.2) is 92.2 Å². The Morgan fingerprint density at radius 1 is 0.969 bits per heavy atom. The minimum absolute atomic E-state index is 0.0392. The van der Waals surface area contributed by atoms with Crippen LogP contribution in [0.25, 0.3) is 11.5 Å². The molecular weight excluding hydrogens is 448 g/mol. The molecule has 0 unspecified atom stereocenters. The molecule has 0 aliphatic carbocycles. The number of nitrogens with zero attached hydrogens (tertiary/aromatic N) is 4. The molecule has 0 bridgehead atoms. The van der Waals surface area contributed by atoms with E-state index in [1.54, 1.807) is 34.9 Å². The highest BCUT2D eigenvalue weighted by molar-refractivity contribution is 8.00. The van der Waals surface area contributed by atoms with E-state index >= 15 is 0 Å². The summed E-state index contributed by atoms with van der Waals surface area (Å²) in [5.74, 6) is -0.0378. The lowest BCUT2D eigenvalue weighted by atomic mass is 10.2. The Hall–Kier alpha value is -3.63. The zero-order valence-electron chi connectivity index (χ0n) is 16.4. The minimum atomic E-state index is -0.501. The van der Waals surface area contributed by atoms with Crippen LogP contribution in [0.3, 0.4) is 0 Å². The van der Waals surface area contributed by atoms with E-state index in [2.05, 4.69) is 10.2 Å². The highest BCUT2D eigenvalue weighted by atomic mass is 32.2. The van der Waals surface area contributed by atoms with Gasteiger partial charge in [-0.05, 0) is 30.3 Å². The molecule has 1 aliphatic heterocycles. The van der Waals surface area contributed by atoms with Crippen LogP contribution in [0, 0.1) is 10.1 Å². The topological polar surface area (TPSA) is 102 Å². The highest BCUT2D eigenvalue weighted by Gasteiger charge is 2.28. The van der Waals surface area contributed by atoms with Gasteiger partial charge in [0.2, 0.25) is 5.91 Å². The van der Waals surface area contributed by atoms with Crippen LogP contribution in [0.2, 0.25) is 0 Å². The number of hydrogen-bond donors (Lipinski definition) is 0. The maximum atomic E-state index is 13.2. The molecule has 0 radical (unpaired) electrons. The lowest BCUT2D eigenvalue weighted by Crippen LogP contribution is -2.29. The SMILES string of the molecule is O=C(CSc1nnc(-c2ccccc2[N+](=O)[O-])o1)N1c2ccccc2Sc2ccccc21. The summed E-state index contributed by atoms with van der Waals surface area (Å²) in [6, 6.07) is 21.6. The molecule has 8 nitrogen and oxygen atoms in total. The number of carbonyl (C=O) groups excluding carboxylic acids is 1. The van der Waals surface area contributed by atoms with E-state index in [0.29, 0.717) is 0 Å². The van der Waals surface area contributed by atoms with Crippen molar-refractivity contribution in [2.75, 3.05) is 10.7 Å². The van der Waals surface area contributed by atoms with Gasteiger partial charge in [0.1, 0.15) is 5.56 Å². The van der Waals surface area contributed by atoms with E-state index in [-0.39, 0.29) is 34.0 Å². The summed E-state index contributed by atoms with van der Waals surface area (Å²) >= 11 is 2.72. The molecule has 0 atom stereocenters. The summed E-state index contributed by atoms with van der Waals surface area (Å²) in [7, 11) is 0. The molecule has 0 saturated carbocycles. The van der Waals surface area contributed by atoms with Crippen molar-refractivity contribution >= 4 is 46.5 Å². The molecule has 158 valence electrons. The largest absolute Gasteiger partial charge is 0.411 e. The van der Waals surface area contributed by atoms with Crippen LogP contribution in [-0.4, -0.2) is 26.8 Å². The molecule has 32 heavy (non-hydrogen) atoms. The number of thioether (sulfide) groups is 1. The first-order valence-electron chi connectivity index (χ1n) is 9.51. The third-order valence-corrected chi connectivity index (χ3v) is 6.67. The maximum absolute atomic E-state index is 13.2. The van der Waals surface area contributed by atoms with E-state index in [0.717, 1.165) is 32.9 Å². The first-order chi connectivity index (χ1) is 15.6. The Balaban J connectivity index is 1.38. The number of rotatable bonds is 5. The van der Waals surface area contributed by atoms with E-state index in [9.17, 15) is 14.9 Å². The smallest absolute Gasteiger partial charge is 0.282 e. The van der Waals surface area contributed by atoms with Gasteiger partial charge in [0.05, 0.1) is 22.1 Å². The highest BCUT2D eigenvalue weighted by Crippen LogP contribution is 2.48. The molecule has 5 rings (SSSR count). The Morgan fingerprint density at radius 3 is 2.28 bits per heavy atom. The van der Waals surface area contributed by atoms with Crippen molar-refractivity contribution in [1.29, 1.82) is 0 Å². The van der Waals surface area contributed by atoms with Gasteiger partial charge < -0.3 is 4.42 Å². The second kappa shape index (κ2) is 8.48. The first-order valence-corrected chi connectivity index (χ1v) is 11.3.